The van der Waals surface area contributed by atoms with Gasteiger partial charge >= 0.3 is 0 Å². The van der Waals surface area contributed by atoms with E-state index in [0.717, 1.165) is 5.69 Å². The minimum atomic E-state index is -0.440. The Hall–Kier alpha value is -4.28. The van der Waals surface area contributed by atoms with Crippen molar-refractivity contribution in [2.45, 2.75) is 24.7 Å². The number of allylic oxidation sites excluding steroid dienone is 1. The topological polar surface area (TPSA) is 114 Å². The average Bonchev–Trinajstić information content (AvgIpc) is 3.35. The average molecular weight is 560 g/mol. The third-order valence-electron chi connectivity index (χ3n) is 5.40. The normalized spacial score (nSPS) is 11.7. The van der Waals surface area contributed by atoms with Crippen LogP contribution < -0.4 is 10.6 Å². The van der Waals surface area contributed by atoms with Gasteiger partial charge in [0.1, 0.15) is 0 Å². The molecule has 1 aromatic heterocycles. The molecule has 0 radical (unpaired) electrons. The van der Waals surface area contributed by atoms with E-state index in [9.17, 15) is 9.59 Å². The molecule has 0 saturated heterocycles. The number of amides is 2. The molecule has 1 heterocycles. The third-order valence-corrected chi connectivity index (χ3v) is 6.60. The number of thioether (sulfide) groups is 1. The first-order chi connectivity index (χ1) is 18.9. The maximum absolute atomic E-state index is 12.7. The second-order valence-corrected chi connectivity index (χ2v) is 9.74. The Kier molecular flexibility index (Phi) is 9.60. The van der Waals surface area contributed by atoms with Crippen molar-refractivity contribution in [1.82, 2.24) is 20.1 Å². The number of hydrogen-bond donors (Lipinski definition) is 2. The lowest BCUT2D eigenvalue weighted by atomic mass is 10.2. The summed E-state index contributed by atoms with van der Waals surface area (Å²) in [5.74, 6) is 0.192. The first kappa shape index (κ1) is 27.7. The van der Waals surface area contributed by atoms with Gasteiger partial charge in [0.2, 0.25) is 5.91 Å². The SMILES string of the molecule is C=CCn1c(SCC(=O)Nc2ccc(N=Nc3ccccc3)cc2)nnc1C(C)NC(=O)c1cccc(Cl)c1. The van der Waals surface area contributed by atoms with Crippen molar-refractivity contribution in [2.24, 2.45) is 10.2 Å². The van der Waals surface area contributed by atoms with E-state index in [1.165, 1.54) is 11.8 Å². The summed E-state index contributed by atoms with van der Waals surface area (Å²) in [7, 11) is 0. The van der Waals surface area contributed by atoms with Crippen molar-refractivity contribution in [3.05, 3.63) is 108 Å². The molecule has 2 amide bonds. The van der Waals surface area contributed by atoms with Crippen LogP contribution in [0.5, 0.6) is 0 Å². The number of carbonyl (C=O) groups is 2. The second-order valence-electron chi connectivity index (χ2n) is 8.36. The number of aromatic nitrogens is 3. The molecule has 0 aliphatic heterocycles. The summed E-state index contributed by atoms with van der Waals surface area (Å²) in [5.41, 5.74) is 2.53. The van der Waals surface area contributed by atoms with Crippen LogP contribution in [0, 0.1) is 0 Å². The van der Waals surface area contributed by atoms with Crippen LogP contribution in [0.15, 0.2) is 107 Å². The first-order valence-electron chi connectivity index (χ1n) is 12.0. The second kappa shape index (κ2) is 13.5. The lowest BCUT2D eigenvalue weighted by Gasteiger charge is -2.15. The number of hydrogen-bond acceptors (Lipinski definition) is 7. The van der Waals surface area contributed by atoms with Crippen molar-refractivity contribution >= 4 is 52.2 Å². The van der Waals surface area contributed by atoms with Crippen molar-refractivity contribution in [3.8, 4) is 0 Å². The fourth-order valence-electron chi connectivity index (χ4n) is 3.55. The number of rotatable bonds is 11. The summed E-state index contributed by atoms with van der Waals surface area (Å²) in [6.45, 7) is 6.04. The van der Waals surface area contributed by atoms with Gasteiger partial charge in [-0.05, 0) is 61.5 Å². The highest BCUT2D eigenvalue weighted by Crippen LogP contribution is 2.23. The Bertz CT molecular complexity index is 1470. The zero-order chi connectivity index (χ0) is 27.6. The largest absolute Gasteiger partial charge is 0.342 e. The van der Waals surface area contributed by atoms with Gasteiger partial charge in [0.05, 0.1) is 23.2 Å². The van der Waals surface area contributed by atoms with Crippen LogP contribution in [0.3, 0.4) is 0 Å². The van der Waals surface area contributed by atoms with Crippen LogP contribution in [0.25, 0.3) is 0 Å². The van der Waals surface area contributed by atoms with Crippen LogP contribution in [0.1, 0.15) is 29.1 Å². The number of carbonyl (C=O) groups excluding carboxylic acids is 2. The van der Waals surface area contributed by atoms with Crippen molar-refractivity contribution in [3.63, 3.8) is 0 Å². The highest BCUT2D eigenvalue weighted by Gasteiger charge is 2.20. The lowest BCUT2D eigenvalue weighted by Crippen LogP contribution is -2.28. The molecule has 1 unspecified atom stereocenters. The van der Waals surface area contributed by atoms with E-state index in [1.54, 1.807) is 54.6 Å². The summed E-state index contributed by atoms with van der Waals surface area (Å²) < 4.78 is 1.82. The Balaban J connectivity index is 1.34. The molecule has 9 nitrogen and oxygen atoms in total. The number of azo groups is 1. The summed E-state index contributed by atoms with van der Waals surface area (Å²) in [5, 5.41) is 23.7. The summed E-state index contributed by atoms with van der Waals surface area (Å²) in [6, 6.07) is 22.8. The van der Waals surface area contributed by atoms with E-state index >= 15 is 0 Å². The van der Waals surface area contributed by atoms with Crippen molar-refractivity contribution < 1.29 is 9.59 Å². The van der Waals surface area contributed by atoms with Gasteiger partial charge in [-0.2, -0.15) is 10.2 Å². The van der Waals surface area contributed by atoms with E-state index in [4.69, 9.17) is 11.6 Å². The quantitative estimate of drug-likeness (QED) is 0.120. The molecule has 0 aliphatic rings. The van der Waals surface area contributed by atoms with E-state index in [1.807, 2.05) is 41.8 Å². The Morgan fingerprint density at radius 3 is 2.44 bits per heavy atom. The molecule has 0 saturated carbocycles. The molecular formula is C28H26ClN7O2S. The number of nitrogens with zero attached hydrogens (tertiary/aromatic N) is 5. The van der Waals surface area contributed by atoms with Gasteiger partial charge in [-0.3, -0.25) is 9.59 Å². The fraction of sp³-hybridized carbons (Fsp3) is 0.143. The maximum atomic E-state index is 12.7. The van der Waals surface area contributed by atoms with Gasteiger partial charge in [0.25, 0.3) is 5.91 Å². The number of nitrogens with one attached hydrogen (secondary N) is 2. The monoisotopic (exact) mass is 559 g/mol. The maximum Gasteiger partial charge on any atom is 0.251 e. The van der Waals surface area contributed by atoms with E-state index in [2.05, 4.69) is 37.6 Å². The Morgan fingerprint density at radius 2 is 1.74 bits per heavy atom. The molecular weight excluding hydrogens is 534 g/mol. The molecule has 0 fully saturated rings. The van der Waals surface area contributed by atoms with Gasteiger partial charge in [-0.15, -0.1) is 16.8 Å². The van der Waals surface area contributed by atoms with Gasteiger partial charge in [0, 0.05) is 22.8 Å². The van der Waals surface area contributed by atoms with E-state index in [0.29, 0.717) is 39.5 Å². The molecule has 1 atom stereocenters. The van der Waals surface area contributed by atoms with Crippen molar-refractivity contribution in [2.75, 3.05) is 11.1 Å². The minimum Gasteiger partial charge on any atom is -0.342 e. The molecule has 198 valence electrons. The molecule has 0 aliphatic carbocycles. The van der Waals surface area contributed by atoms with Gasteiger partial charge in [-0.25, -0.2) is 0 Å². The minimum absolute atomic E-state index is 0.119. The number of halogens is 1. The lowest BCUT2D eigenvalue weighted by molar-refractivity contribution is -0.113. The summed E-state index contributed by atoms with van der Waals surface area (Å²) in [6.07, 6.45) is 1.71. The smallest absolute Gasteiger partial charge is 0.251 e. The summed E-state index contributed by atoms with van der Waals surface area (Å²) >= 11 is 7.25. The molecule has 39 heavy (non-hydrogen) atoms. The van der Waals surface area contributed by atoms with Crippen LogP contribution in [-0.2, 0) is 11.3 Å². The molecule has 2 N–H and O–H groups in total. The van der Waals surface area contributed by atoms with Crippen LogP contribution >= 0.6 is 23.4 Å². The van der Waals surface area contributed by atoms with Gasteiger partial charge in [-0.1, -0.05) is 53.7 Å². The van der Waals surface area contributed by atoms with Crippen LogP contribution in [0.2, 0.25) is 5.02 Å². The standard InChI is InChI=1S/C28H26ClN7O2S/c1-3-16-36-26(19(2)30-27(38)20-8-7-9-21(29)17-20)34-35-28(36)39-18-25(37)31-22-12-14-24(15-13-22)33-32-23-10-5-4-6-11-23/h3-15,17,19H,1,16,18H2,2H3,(H,30,38)(H,31,37). The van der Waals surface area contributed by atoms with Gasteiger partial charge < -0.3 is 15.2 Å². The predicted octanol–water partition coefficient (Wildman–Crippen LogP) is 6.75. The number of benzene rings is 3. The van der Waals surface area contributed by atoms with Crippen molar-refractivity contribution in [1.29, 1.82) is 0 Å². The Morgan fingerprint density at radius 1 is 1.03 bits per heavy atom. The predicted molar refractivity (Wildman–Crippen MR) is 154 cm³/mol. The highest BCUT2D eigenvalue weighted by atomic mass is 35.5. The number of anilines is 1. The van der Waals surface area contributed by atoms with Crippen LogP contribution in [0.4, 0.5) is 17.1 Å². The van der Waals surface area contributed by atoms with Crippen LogP contribution in [-0.4, -0.2) is 32.3 Å². The molecule has 3 aromatic carbocycles. The molecule has 4 aromatic rings. The highest BCUT2D eigenvalue weighted by molar-refractivity contribution is 7.99. The third kappa shape index (κ3) is 7.86. The van der Waals surface area contributed by atoms with E-state index < -0.39 is 6.04 Å². The fourth-order valence-corrected chi connectivity index (χ4v) is 4.50. The zero-order valence-electron chi connectivity index (χ0n) is 21.1. The Labute approximate surface area is 235 Å². The van der Waals surface area contributed by atoms with E-state index in [-0.39, 0.29) is 17.6 Å². The first-order valence-corrected chi connectivity index (χ1v) is 13.4. The van der Waals surface area contributed by atoms with Gasteiger partial charge in [0.15, 0.2) is 11.0 Å². The summed E-state index contributed by atoms with van der Waals surface area (Å²) in [4.78, 5) is 25.3. The molecule has 0 bridgehead atoms. The molecule has 0 spiro atoms. The molecule has 4 rings (SSSR count). The molecule has 11 heteroatoms. The zero-order valence-corrected chi connectivity index (χ0v) is 22.7.